The molecule has 2 aromatic heterocycles. The average molecular weight is 450 g/mol. The molecular weight excluding hydrogens is 414 g/mol. The molecule has 30 heavy (non-hydrogen) atoms. The molecule has 8 heteroatoms. The van der Waals surface area contributed by atoms with Crippen LogP contribution < -0.4 is 10.6 Å². The average Bonchev–Trinajstić information content (AvgIpc) is 3.44. The molecule has 1 unspecified atom stereocenters. The third-order valence-electron chi connectivity index (χ3n) is 5.49. The van der Waals surface area contributed by atoms with Gasteiger partial charge in [-0.15, -0.1) is 22.7 Å². The summed E-state index contributed by atoms with van der Waals surface area (Å²) in [4.78, 5) is 12.8. The molecule has 1 fully saturated rings. The van der Waals surface area contributed by atoms with Gasteiger partial charge in [0.2, 0.25) is 0 Å². The minimum Gasteiger partial charge on any atom is -0.383 e. The summed E-state index contributed by atoms with van der Waals surface area (Å²) in [7, 11) is 0. The molecular formula is C22H35N5OS2. The molecule has 0 spiro atoms. The lowest BCUT2D eigenvalue weighted by atomic mass is 9.97. The van der Waals surface area contributed by atoms with Gasteiger partial charge in [-0.25, -0.2) is 9.98 Å². The fraction of sp³-hybridized carbons (Fsp3) is 0.636. The first-order valence-corrected chi connectivity index (χ1v) is 12.7. The number of aromatic nitrogens is 1. The van der Waals surface area contributed by atoms with E-state index in [4.69, 9.17) is 4.98 Å². The van der Waals surface area contributed by atoms with Crippen LogP contribution in [0.3, 0.4) is 0 Å². The Hall–Kier alpha value is -1.48. The van der Waals surface area contributed by atoms with Crippen LogP contribution in [0.4, 0.5) is 0 Å². The Morgan fingerprint density at radius 2 is 2.10 bits per heavy atom. The van der Waals surface area contributed by atoms with Crippen molar-refractivity contribution in [3.63, 3.8) is 0 Å². The third kappa shape index (κ3) is 6.77. The van der Waals surface area contributed by atoms with E-state index in [9.17, 15) is 5.11 Å². The van der Waals surface area contributed by atoms with Gasteiger partial charge in [-0.05, 0) is 63.6 Å². The van der Waals surface area contributed by atoms with E-state index in [0.717, 1.165) is 50.0 Å². The molecule has 3 rings (SSSR count). The number of aliphatic hydroxyl groups is 1. The Morgan fingerprint density at radius 1 is 1.30 bits per heavy atom. The smallest absolute Gasteiger partial charge is 0.191 e. The van der Waals surface area contributed by atoms with Crippen LogP contribution in [-0.4, -0.2) is 53.7 Å². The van der Waals surface area contributed by atoms with Crippen molar-refractivity contribution >= 4 is 28.6 Å². The first kappa shape index (κ1) is 23.2. The van der Waals surface area contributed by atoms with Crippen LogP contribution >= 0.6 is 22.7 Å². The number of nitrogens with zero attached hydrogens (tertiary/aromatic N) is 3. The van der Waals surface area contributed by atoms with E-state index in [1.165, 1.54) is 23.5 Å². The van der Waals surface area contributed by atoms with E-state index < -0.39 is 5.60 Å². The molecule has 0 aromatic carbocycles. The maximum Gasteiger partial charge on any atom is 0.191 e. The van der Waals surface area contributed by atoms with Gasteiger partial charge in [-0.2, -0.15) is 0 Å². The van der Waals surface area contributed by atoms with Gasteiger partial charge in [0.05, 0.1) is 17.2 Å². The van der Waals surface area contributed by atoms with Crippen molar-refractivity contribution < 1.29 is 5.11 Å². The predicted molar refractivity (Wildman–Crippen MR) is 127 cm³/mol. The summed E-state index contributed by atoms with van der Waals surface area (Å²) in [5.41, 5.74) is 0.280. The van der Waals surface area contributed by atoms with Crippen molar-refractivity contribution in [3.8, 4) is 0 Å². The van der Waals surface area contributed by atoms with Crippen LogP contribution in [0, 0.1) is 5.92 Å². The number of piperidine rings is 1. The van der Waals surface area contributed by atoms with Gasteiger partial charge in [0.15, 0.2) is 5.96 Å². The largest absolute Gasteiger partial charge is 0.383 e. The van der Waals surface area contributed by atoms with Gasteiger partial charge in [0.1, 0.15) is 5.60 Å². The zero-order chi connectivity index (χ0) is 21.4. The second kappa shape index (κ2) is 11.2. The summed E-state index contributed by atoms with van der Waals surface area (Å²) in [6.45, 7) is 11.3. The molecule has 1 aliphatic heterocycles. The highest BCUT2D eigenvalue weighted by atomic mass is 32.1. The molecule has 6 nitrogen and oxygen atoms in total. The highest BCUT2D eigenvalue weighted by molar-refractivity contribution is 7.10. The predicted octanol–water partition coefficient (Wildman–Crippen LogP) is 3.44. The molecule has 0 amide bonds. The van der Waals surface area contributed by atoms with Crippen molar-refractivity contribution in [2.45, 2.75) is 52.2 Å². The van der Waals surface area contributed by atoms with Gasteiger partial charge in [0.25, 0.3) is 0 Å². The number of nitrogens with one attached hydrogen (secondary N) is 2. The number of rotatable bonds is 9. The third-order valence-corrected chi connectivity index (χ3v) is 7.66. The van der Waals surface area contributed by atoms with Crippen LogP contribution in [-0.2, 0) is 18.6 Å². The van der Waals surface area contributed by atoms with Crippen LogP contribution in [0.1, 0.15) is 49.2 Å². The van der Waals surface area contributed by atoms with E-state index in [-0.39, 0.29) is 0 Å². The summed E-state index contributed by atoms with van der Waals surface area (Å²) < 4.78 is 0. The Bertz CT molecular complexity index is 779. The normalized spacial score (nSPS) is 18.3. The molecule has 0 radical (unpaired) electrons. The summed E-state index contributed by atoms with van der Waals surface area (Å²) in [6, 6.07) is 3.92. The number of guanidine groups is 1. The molecule has 0 bridgehead atoms. The fourth-order valence-corrected chi connectivity index (χ4v) is 5.16. The van der Waals surface area contributed by atoms with Gasteiger partial charge in [-0.1, -0.05) is 13.0 Å². The second-order valence-electron chi connectivity index (χ2n) is 8.13. The summed E-state index contributed by atoms with van der Waals surface area (Å²) >= 11 is 3.34. The van der Waals surface area contributed by atoms with Crippen LogP contribution in [0.5, 0.6) is 0 Å². The number of aliphatic imine (C=N–C) groups is 1. The Morgan fingerprint density at radius 3 is 2.73 bits per heavy atom. The second-order valence-corrected chi connectivity index (χ2v) is 10.0. The number of likely N-dealkylation sites (tertiary alicyclic amines) is 1. The maximum absolute atomic E-state index is 10.7. The molecule has 1 aliphatic rings. The number of aryl methyl sites for hydroxylation is 1. The van der Waals surface area contributed by atoms with E-state index in [0.29, 0.717) is 12.5 Å². The Kier molecular flexibility index (Phi) is 8.68. The van der Waals surface area contributed by atoms with E-state index in [1.807, 2.05) is 24.4 Å². The lowest BCUT2D eigenvalue weighted by Crippen LogP contribution is -2.43. The van der Waals surface area contributed by atoms with Crippen molar-refractivity contribution in [1.82, 2.24) is 20.5 Å². The van der Waals surface area contributed by atoms with E-state index in [1.54, 1.807) is 22.7 Å². The zero-order valence-electron chi connectivity index (χ0n) is 18.4. The monoisotopic (exact) mass is 449 g/mol. The lowest BCUT2D eigenvalue weighted by Gasteiger charge is -2.32. The number of thiazole rings is 1. The van der Waals surface area contributed by atoms with Gasteiger partial charge >= 0.3 is 0 Å². The van der Waals surface area contributed by atoms with E-state index >= 15 is 0 Å². The molecule has 1 saturated heterocycles. The van der Waals surface area contributed by atoms with Crippen molar-refractivity contribution in [1.29, 1.82) is 0 Å². The Balaban J connectivity index is 1.44. The standard InChI is InChI=1S/C22H35N5OS2/c1-4-20-26-18(15-30-20)14-27-10-8-17(9-11-27)13-24-21(23-5-2)25-16-22(3,28)19-7-6-12-29-19/h6-7,12,15,17,28H,4-5,8-11,13-14,16H2,1-3H3,(H2,23,24,25). The van der Waals surface area contributed by atoms with E-state index in [2.05, 4.69) is 39.8 Å². The van der Waals surface area contributed by atoms with Gasteiger partial charge in [-0.3, -0.25) is 4.90 Å². The Labute approximate surface area is 188 Å². The summed E-state index contributed by atoms with van der Waals surface area (Å²) in [6.07, 6.45) is 3.39. The first-order valence-electron chi connectivity index (χ1n) is 10.9. The topological polar surface area (TPSA) is 72.8 Å². The molecule has 0 saturated carbocycles. The van der Waals surface area contributed by atoms with Crippen molar-refractivity contribution in [2.24, 2.45) is 10.9 Å². The highest BCUT2D eigenvalue weighted by Gasteiger charge is 2.24. The molecule has 2 aromatic rings. The number of thiophene rings is 1. The maximum atomic E-state index is 10.7. The zero-order valence-corrected chi connectivity index (χ0v) is 20.0. The summed E-state index contributed by atoms with van der Waals surface area (Å²) in [5.74, 6) is 1.43. The molecule has 1 atom stereocenters. The quantitative estimate of drug-likeness (QED) is 0.404. The lowest BCUT2D eigenvalue weighted by molar-refractivity contribution is 0.0711. The van der Waals surface area contributed by atoms with Crippen LogP contribution in [0.25, 0.3) is 0 Å². The molecule has 0 aliphatic carbocycles. The number of hydrogen-bond donors (Lipinski definition) is 3. The number of hydrogen-bond acceptors (Lipinski definition) is 6. The first-order chi connectivity index (χ1) is 14.5. The fourth-order valence-electron chi connectivity index (χ4n) is 3.64. The summed E-state index contributed by atoms with van der Waals surface area (Å²) in [5, 5.41) is 22.9. The van der Waals surface area contributed by atoms with Crippen LogP contribution in [0.2, 0.25) is 0 Å². The van der Waals surface area contributed by atoms with Gasteiger partial charge in [0, 0.05) is 29.9 Å². The van der Waals surface area contributed by atoms with Crippen LogP contribution in [0.15, 0.2) is 27.9 Å². The SMILES string of the molecule is CCNC(=NCC(C)(O)c1cccs1)NCC1CCN(Cc2csc(CC)n2)CC1. The highest BCUT2D eigenvalue weighted by Crippen LogP contribution is 2.25. The van der Waals surface area contributed by atoms with Crippen molar-refractivity contribution in [3.05, 3.63) is 38.5 Å². The molecule has 166 valence electrons. The minimum atomic E-state index is -0.935. The van der Waals surface area contributed by atoms with Crippen molar-refractivity contribution in [2.75, 3.05) is 32.7 Å². The molecule has 3 heterocycles. The molecule has 3 N–H and O–H groups in total. The minimum absolute atomic E-state index is 0.342. The van der Waals surface area contributed by atoms with Gasteiger partial charge < -0.3 is 15.7 Å².